The molecule has 1 amide bonds. The molecule has 2 heterocycles. The van der Waals surface area contributed by atoms with Crippen molar-refractivity contribution in [3.8, 4) is 0 Å². The van der Waals surface area contributed by atoms with Crippen molar-refractivity contribution in [2.75, 3.05) is 0 Å². The summed E-state index contributed by atoms with van der Waals surface area (Å²) >= 11 is 4.78. The number of nitrogens with zero attached hydrogens (tertiary/aromatic N) is 2. The lowest BCUT2D eigenvalue weighted by Crippen LogP contribution is -2.35. The van der Waals surface area contributed by atoms with Gasteiger partial charge in [0.15, 0.2) is 0 Å². The maximum Gasteiger partial charge on any atom is 0.262 e. The number of nitrogens with one attached hydrogen (secondary N) is 1. The van der Waals surface area contributed by atoms with Gasteiger partial charge in [0.1, 0.15) is 4.88 Å². The van der Waals surface area contributed by atoms with Gasteiger partial charge in [-0.1, -0.05) is 0 Å². The van der Waals surface area contributed by atoms with E-state index in [1.807, 2.05) is 29.1 Å². The van der Waals surface area contributed by atoms with Gasteiger partial charge >= 0.3 is 0 Å². The Morgan fingerprint density at radius 3 is 3.12 bits per heavy atom. The molecule has 0 saturated carbocycles. The molecule has 4 nitrogen and oxygen atoms in total. The fourth-order valence-corrected chi connectivity index (χ4v) is 2.96. The van der Waals surface area contributed by atoms with Crippen LogP contribution in [0.4, 0.5) is 0 Å². The third kappa shape index (κ3) is 3.17. The molecule has 0 aromatic carbocycles. The Labute approximate surface area is 112 Å². The van der Waals surface area contributed by atoms with Gasteiger partial charge in [-0.2, -0.15) is 0 Å². The van der Waals surface area contributed by atoms with Gasteiger partial charge in [0.25, 0.3) is 5.91 Å². The summed E-state index contributed by atoms with van der Waals surface area (Å²) in [5.41, 5.74) is 0. The van der Waals surface area contributed by atoms with Crippen molar-refractivity contribution in [2.24, 2.45) is 0 Å². The van der Waals surface area contributed by atoms with Crippen LogP contribution in [0.1, 0.15) is 16.6 Å². The number of imidazole rings is 1. The number of hydrogen-bond acceptors (Lipinski definition) is 3. The van der Waals surface area contributed by atoms with Gasteiger partial charge in [0.2, 0.25) is 0 Å². The molecule has 0 aliphatic rings. The van der Waals surface area contributed by atoms with E-state index < -0.39 is 0 Å². The second-order valence-corrected chi connectivity index (χ2v) is 5.50. The molecule has 17 heavy (non-hydrogen) atoms. The van der Waals surface area contributed by atoms with Crippen molar-refractivity contribution in [1.29, 1.82) is 0 Å². The number of rotatable bonds is 4. The normalized spacial score (nSPS) is 12.4. The summed E-state index contributed by atoms with van der Waals surface area (Å²) < 4.78 is 2.78. The molecule has 2 rings (SSSR count). The summed E-state index contributed by atoms with van der Waals surface area (Å²) in [5.74, 6) is -0.0421. The van der Waals surface area contributed by atoms with E-state index in [1.165, 1.54) is 11.3 Å². The lowest BCUT2D eigenvalue weighted by atomic mass is 10.3. The predicted octanol–water partition coefficient (Wildman–Crippen LogP) is 2.53. The Bertz CT molecular complexity index is 495. The van der Waals surface area contributed by atoms with Crippen molar-refractivity contribution >= 4 is 33.2 Å². The van der Waals surface area contributed by atoms with Crippen LogP contribution in [0.5, 0.6) is 0 Å². The number of amides is 1. The van der Waals surface area contributed by atoms with Gasteiger partial charge in [0, 0.05) is 29.5 Å². The molecule has 0 saturated heterocycles. The van der Waals surface area contributed by atoms with Crippen LogP contribution < -0.4 is 5.32 Å². The van der Waals surface area contributed by atoms with Crippen LogP contribution in [-0.4, -0.2) is 21.5 Å². The summed E-state index contributed by atoms with van der Waals surface area (Å²) in [7, 11) is 0. The Morgan fingerprint density at radius 2 is 2.53 bits per heavy atom. The second-order valence-electron chi connectivity index (χ2n) is 3.73. The van der Waals surface area contributed by atoms with Crippen LogP contribution in [-0.2, 0) is 6.54 Å². The van der Waals surface area contributed by atoms with E-state index in [1.54, 1.807) is 12.5 Å². The van der Waals surface area contributed by atoms with Crippen LogP contribution in [0.25, 0.3) is 0 Å². The molecule has 1 N–H and O–H groups in total. The molecule has 2 aromatic rings. The molecule has 0 radical (unpaired) electrons. The van der Waals surface area contributed by atoms with Gasteiger partial charge in [-0.15, -0.1) is 11.3 Å². The van der Waals surface area contributed by atoms with Crippen LogP contribution >= 0.6 is 27.3 Å². The van der Waals surface area contributed by atoms with Crippen molar-refractivity contribution in [1.82, 2.24) is 14.9 Å². The summed E-state index contributed by atoms with van der Waals surface area (Å²) in [6.45, 7) is 2.69. The van der Waals surface area contributed by atoms with Gasteiger partial charge in [-0.3, -0.25) is 4.79 Å². The number of carbonyl (C=O) groups excluding carboxylic acids is 1. The Hall–Kier alpha value is -1.14. The average Bonchev–Trinajstić information content (AvgIpc) is 2.88. The topological polar surface area (TPSA) is 46.9 Å². The summed E-state index contributed by atoms with van der Waals surface area (Å²) in [6, 6.07) is 1.94. The average molecular weight is 314 g/mol. The SMILES string of the molecule is C[C@H](Cn1ccnc1)NC(=O)c1sccc1Br. The fourth-order valence-electron chi connectivity index (χ4n) is 1.50. The third-order valence-corrected chi connectivity index (χ3v) is 4.08. The maximum absolute atomic E-state index is 11.9. The molecule has 0 bridgehead atoms. The zero-order valence-corrected chi connectivity index (χ0v) is 11.7. The summed E-state index contributed by atoms with van der Waals surface area (Å²) in [4.78, 5) is 16.6. The van der Waals surface area contributed by atoms with E-state index in [4.69, 9.17) is 0 Å². The van der Waals surface area contributed by atoms with Crippen molar-refractivity contribution in [3.05, 3.63) is 39.5 Å². The Kier molecular flexibility index (Phi) is 3.96. The first-order valence-electron chi connectivity index (χ1n) is 5.16. The quantitative estimate of drug-likeness (QED) is 0.943. The highest BCUT2D eigenvalue weighted by atomic mass is 79.9. The van der Waals surface area contributed by atoms with E-state index in [2.05, 4.69) is 26.2 Å². The van der Waals surface area contributed by atoms with Crippen LogP contribution in [0.3, 0.4) is 0 Å². The van der Waals surface area contributed by atoms with Gasteiger partial charge in [0.05, 0.1) is 6.33 Å². The monoisotopic (exact) mass is 313 g/mol. The van der Waals surface area contributed by atoms with Gasteiger partial charge in [-0.25, -0.2) is 4.98 Å². The largest absolute Gasteiger partial charge is 0.347 e. The molecule has 1 atom stereocenters. The predicted molar refractivity (Wildman–Crippen MR) is 71.2 cm³/mol. The lowest BCUT2D eigenvalue weighted by molar-refractivity contribution is 0.0940. The number of aromatic nitrogens is 2. The first kappa shape index (κ1) is 12.3. The molecular formula is C11H12BrN3OS. The van der Waals surface area contributed by atoms with E-state index >= 15 is 0 Å². The van der Waals surface area contributed by atoms with Crippen molar-refractivity contribution in [3.63, 3.8) is 0 Å². The Morgan fingerprint density at radius 1 is 1.71 bits per heavy atom. The van der Waals surface area contributed by atoms with E-state index in [0.29, 0.717) is 11.4 Å². The zero-order valence-electron chi connectivity index (χ0n) is 9.26. The smallest absolute Gasteiger partial charge is 0.262 e. The number of halogens is 1. The highest BCUT2D eigenvalue weighted by Crippen LogP contribution is 2.22. The molecule has 0 aliphatic carbocycles. The van der Waals surface area contributed by atoms with E-state index in [-0.39, 0.29) is 11.9 Å². The van der Waals surface area contributed by atoms with Gasteiger partial charge in [-0.05, 0) is 34.3 Å². The number of carbonyl (C=O) groups is 1. The first-order valence-corrected chi connectivity index (χ1v) is 6.83. The molecular weight excluding hydrogens is 302 g/mol. The van der Waals surface area contributed by atoms with Crippen molar-refractivity contribution < 1.29 is 4.79 Å². The maximum atomic E-state index is 11.9. The summed E-state index contributed by atoms with van der Waals surface area (Å²) in [5, 5.41) is 4.84. The zero-order chi connectivity index (χ0) is 12.3. The standard InChI is InChI=1S/C11H12BrN3OS/c1-8(6-15-4-3-13-7-15)14-11(16)10-9(12)2-5-17-10/h2-5,7-8H,6H2,1H3,(H,14,16)/t8-/m1/s1. The number of thiophene rings is 1. The molecule has 2 aromatic heterocycles. The molecule has 0 aliphatic heterocycles. The van der Waals surface area contributed by atoms with Crippen LogP contribution in [0, 0.1) is 0 Å². The summed E-state index contributed by atoms with van der Waals surface area (Å²) in [6.07, 6.45) is 5.35. The number of hydrogen-bond donors (Lipinski definition) is 1. The lowest BCUT2D eigenvalue weighted by Gasteiger charge is -2.13. The molecule has 6 heteroatoms. The van der Waals surface area contributed by atoms with Crippen LogP contribution in [0.2, 0.25) is 0 Å². The van der Waals surface area contributed by atoms with Crippen LogP contribution in [0.15, 0.2) is 34.6 Å². The fraction of sp³-hybridized carbons (Fsp3) is 0.273. The molecule has 90 valence electrons. The van der Waals surface area contributed by atoms with Crippen molar-refractivity contribution in [2.45, 2.75) is 19.5 Å². The van der Waals surface area contributed by atoms with Gasteiger partial charge < -0.3 is 9.88 Å². The molecule has 0 unspecified atom stereocenters. The molecule has 0 fully saturated rings. The Balaban J connectivity index is 1.93. The van der Waals surface area contributed by atoms with E-state index in [9.17, 15) is 4.79 Å². The highest BCUT2D eigenvalue weighted by Gasteiger charge is 2.14. The minimum atomic E-state index is -0.0421. The van der Waals surface area contributed by atoms with E-state index in [0.717, 1.165) is 4.47 Å². The minimum Gasteiger partial charge on any atom is -0.347 e. The second kappa shape index (κ2) is 5.46. The molecule has 0 spiro atoms. The first-order chi connectivity index (χ1) is 8.16. The third-order valence-electron chi connectivity index (χ3n) is 2.24. The highest BCUT2D eigenvalue weighted by molar-refractivity contribution is 9.10. The minimum absolute atomic E-state index is 0.0421.